The molecule has 5 heteroatoms. The number of nitrogens with one attached hydrogen (secondary N) is 1. The summed E-state index contributed by atoms with van der Waals surface area (Å²) in [5.74, 6) is -0.413. The zero-order chi connectivity index (χ0) is 16.6. The van der Waals surface area contributed by atoms with Crippen molar-refractivity contribution in [3.05, 3.63) is 64.2 Å². The number of rotatable bonds is 3. The Hall–Kier alpha value is -2.33. The average Bonchev–Trinajstić information content (AvgIpc) is 2.78. The predicted octanol–water partition coefficient (Wildman–Crippen LogP) is 3.37. The molecule has 2 amide bonds. The topological polar surface area (TPSA) is 49.4 Å². The Morgan fingerprint density at radius 3 is 2.57 bits per heavy atom. The number of anilines is 1. The highest BCUT2D eigenvalue weighted by Crippen LogP contribution is 2.43. The van der Waals surface area contributed by atoms with Gasteiger partial charge < -0.3 is 10.2 Å². The third-order valence-electron chi connectivity index (χ3n) is 3.97. The van der Waals surface area contributed by atoms with Crippen LogP contribution in [0.2, 0.25) is 5.02 Å². The summed E-state index contributed by atoms with van der Waals surface area (Å²) in [6.07, 6.45) is 0. The third kappa shape index (κ3) is 2.82. The zero-order valence-electron chi connectivity index (χ0n) is 13.0. The van der Waals surface area contributed by atoms with Gasteiger partial charge in [0, 0.05) is 17.5 Å². The summed E-state index contributed by atoms with van der Waals surface area (Å²) in [5, 5.41) is 3.21. The SMILES string of the molecule is CC(=O)N[C@@H]1C(=O)N(Cc2ccccc2)c2c(C)ccc(Cl)c21. The number of hydrogen-bond donors (Lipinski definition) is 1. The van der Waals surface area contributed by atoms with Gasteiger partial charge in [-0.25, -0.2) is 0 Å². The second-order valence-corrected chi connectivity index (χ2v) is 6.08. The second kappa shape index (κ2) is 6.05. The molecule has 1 atom stereocenters. The van der Waals surface area contributed by atoms with E-state index in [1.165, 1.54) is 6.92 Å². The summed E-state index contributed by atoms with van der Waals surface area (Å²) >= 11 is 6.32. The molecule has 0 radical (unpaired) electrons. The van der Waals surface area contributed by atoms with Gasteiger partial charge in [-0.05, 0) is 24.1 Å². The molecule has 1 heterocycles. The van der Waals surface area contributed by atoms with Crippen molar-refractivity contribution >= 4 is 29.1 Å². The minimum Gasteiger partial charge on any atom is -0.341 e. The first-order chi connectivity index (χ1) is 11.0. The Balaban J connectivity index is 2.07. The van der Waals surface area contributed by atoms with Gasteiger partial charge in [0.2, 0.25) is 5.91 Å². The van der Waals surface area contributed by atoms with E-state index in [1.807, 2.05) is 43.3 Å². The lowest BCUT2D eigenvalue weighted by Gasteiger charge is -2.19. The Morgan fingerprint density at radius 2 is 1.91 bits per heavy atom. The highest BCUT2D eigenvalue weighted by atomic mass is 35.5. The Bertz CT molecular complexity index is 774. The van der Waals surface area contributed by atoms with Crippen LogP contribution in [0.3, 0.4) is 0 Å². The number of carbonyl (C=O) groups excluding carboxylic acids is 2. The molecule has 4 nitrogen and oxygen atoms in total. The first-order valence-electron chi connectivity index (χ1n) is 7.40. The molecule has 0 unspecified atom stereocenters. The maximum Gasteiger partial charge on any atom is 0.254 e. The molecule has 2 aromatic carbocycles. The van der Waals surface area contributed by atoms with Crippen LogP contribution in [0.5, 0.6) is 0 Å². The first-order valence-corrected chi connectivity index (χ1v) is 7.78. The zero-order valence-corrected chi connectivity index (χ0v) is 13.7. The molecule has 23 heavy (non-hydrogen) atoms. The number of aryl methyl sites for hydroxylation is 1. The summed E-state index contributed by atoms with van der Waals surface area (Å²) in [6, 6.07) is 12.7. The van der Waals surface area contributed by atoms with E-state index in [4.69, 9.17) is 11.6 Å². The lowest BCUT2D eigenvalue weighted by atomic mass is 10.0. The Kier molecular flexibility index (Phi) is 4.09. The van der Waals surface area contributed by atoms with Crippen LogP contribution in [0.4, 0.5) is 5.69 Å². The average molecular weight is 329 g/mol. The van der Waals surface area contributed by atoms with Gasteiger partial charge in [-0.3, -0.25) is 9.59 Å². The Labute approximate surface area is 140 Å². The standard InChI is InChI=1S/C18H17ClN2O2/c1-11-8-9-14(19)15-16(20-12(2)22)18(23)21(17(11)15)10-13-6-4-3-5-7-13/h3-9,16H,10H2,1-2H3,(H,20,22)/t16-/m0/s1. The van der Waals surface area contributed by atoms with Crippen LogP contribution >= 0.6 is 11.6 Å². The largest absolute Gasteiger partial charge is 0.341 e. The summed E-state index contributed by atoms with van der Waals surface area (Å²) in [7, 11) is 0. The molecule has 0 saturated carbocycles. The van der Waals surface area contributed by atoms with Gasteiger partial charge in [-0.1, -0.05) is 48.0 Å². The van der Waals surface area contributed by atoms with Gasteiger partial charge in [0.15, 0.2) is 0 Å². The number of halogens is 1. The van der Waals surface area contributed by atoms with E-state index in [0.717, 1.165) is 16.8 Å². The summed E-state index contributed by atoms with van der Waals surface area (Å²) in [5.41, 5.74) is 3.46. The van der Waals surface area contributed by atoms with Gasteiger partial charge in [-0.15, -0.1) is 0 Å². The smallest absolute Gasteiger partial charge is 0.254 e. The number of carbonyl (C=O) groups is 2. The molecule has 0 aromatic heterocycles. The van der Waals surface area contributed by atoms with E-state index >= 15 is 0 Å². The van der Waals surface area contributed by atoms with E-state index in [0.29, 0.717) is 17.1 Å². The highest BCUT2D eigenvalue weighted by molar-refractivity contribution is 6.33. The maximum absolute atomic E-state index is 12.9. The van der Waals surface area contributed by atoms with Crippen LogP contribution in [-0.4, -0.2) is 11.8 Å². The lowest BCUT2D eigenvalue weighted by molar-refractivity contribution is -0.126. The van der Waals surface area contributed by atoms with Crippen LogP contribution in [0.15, 0.2) is 42.5 Å². The van der Waals surface area contributed by atoms with E-state index in [-0.39, 0.29) is 11.8 Å². The van der Waals surface area contributed by atoms with Crippen molar-refractivity contribution in [2.45, 2.75) is 26.4 Å². The fraction of sp³-hybridized carbons (Fsp3) is 0.222. The molecular weight excluding hydrogens is 312 g/mol. The van der Waals surface area contributed by atoms with Crippen molar-refractivity contribution in [1.29, 1.82) is 0 Å². The molecule has 1 aliphatic heterocycles. The van der Waals surface area contributed by atoms with Crippen molar-refractivity contribution in [2.75, 3.05) is 4.90 Å². The van der Waals surface area contributed by atoms with Gasteiger partial charge in [0.05, 0.1) is 12.2 Å². The molecule has 0 saturated heterocycles. The van der Waals surface area contributed by atoms with Crippen molar-refractivity contribution in [3.63, 3.8) is 0 Å². The first kappa shape index (κ1) is 15.6. The maximum atomic E-state index is 12.9. The van der Waals surface area contributed by atoms with Gasteiger partial charge in [0.1, 0.15) is 6.04 Å². The van der Waals surface area contributed by atoms with Crippen LogP contribution in [0.1, 0.15) is 29.7 Å². The summed E-state index contributed by atoms with van der Waals surface area (Å²) in [4.78, 5) is 26.1. The molecule has 1 aliphatic rings. The lowest BCUT2D eigenvalue weighted by Crippen LogP contribution is -2.36. The fourth-order valence-corrected chi connectivity index (χ4v) is 3.24. The van der Waals surface area contributed by atoms with Gasteiger partial charge >= 0.3 is 0 Å². The van der Waals surface area contributed by atoms with Crippen molar-refractivity contribution < 1.29 is 9.59 Å². The number of benzene rings is 2. The minimum absolute atomic E-state index is 0.157. The van der Waals surface area contributed by atoms with E-state index in [1.54, 1.807) is 11.0 Å². The fourth-order valence-electron chi connectivity index (χ4n) is 2.97. The molecule has 0 bridgehead atoms. The molecular formula is C18H17ClN2O2. The number of amides is 2. The van der Waals surface area contributed by atoms with Crippen LogP contribution in [-0.2, 0) is 16.1 Å². The molecule has 3 rings (SSSR count). The van der Waals surface area contributed by atoms with Crippen LogP contribution in [0.25, 0.3) is 0 Å². The summed E-state index contributed by atoms with van der Waals surface area (Å²) < 4.78 is 0. The minimum atomic E-state index is -0.724. The Morgan fingerprint density at radius 1 is 1.22 bits per heavy atom. The molecule has 1 N–H and O–H groups in total. The predicted molar refractivity (Wildman–Crippen MR) is 90.4 cm³/mol. The number of nitrogens with zero attached hydrogens (tertiary/aromatic N) is 1. The molecule has 0 fully saturated rings. The second-order valence-electron chi connectivity index (χ2n) is 5.67. The van der Waals surface area contributed by atoms with E-state index in [2.05, 4.69) is 5.32 Å². The summed E-state index contributed by atoms with van der Waals surface area (Å²) in [6.45, 7) is 3.79. The van der Waals surface area contributed by atoms with E-state index in [9.17, 15) is 9.59 Å². The molecule has 2 aromatic rings. The molecule has 0 spiro atoms. The normalized spacial score (nSPS) is 16.4. The quantitative estimate of drug-likeness (QED) is 0.939. The van der Waals surface area contributed by atoms with Crippen molar-refractivity contribution in [1.82, 2.24) is 5.32 Å². The van der Waals surface area contributed by atoms with Crippen molar-refractivity contribution in [3.8, 4) is 0 Å². The van der Waals surface area contributed by atoms with Crippen LogP contribution in [0, 0.1) is 6.92 Å². The van der Waals surface area contributed by atoms with Gasteiger partial charge in [-0.2, -0.15) is 0 Å². The van der Waals surface area contributed by atoms with Crippen molar-refractivity contribution in [2.24, 2.45) is 0 Å². The van der Waals surface area contributed by atoms with Crippen LogP contribution < -0.4 is 10.2 Å². The monoisotopic (exact) mass is 328 g/mol. The highest BCUT2D eigenvalue weighted by Gasteiger charge is 2.40. The van der Waals surface area contributed by atoms with Gasteiger partial charge in [0.25, 0.3) is 5.91 Å². The molecule has 0 aliphatic carbocycles. The molecule has 118 valence electrons. The number of fused-ring (bicyclic) bond motifs is 1. The third-order valence-corrected chi connectivity index (χ3v) is 4.30. The van der Waals surface area contributed by atoms with E-state index < -0.39 is 6.04 Å². The number of hydrogen-bond acceptors (Lipinski definition) is 2.